The summed E-state index contributed by atoms with van der Waals surface area (Å²) >= 11 is 0. The zero-order chi connectivity index (χ0) is 19.9. The van der Waals surface area contributed by atoms with Crippen LogP contribution < -0.4 is 10.6 Å². The molecule has 0 aromatic carbocycles. The summed E-state index contributed by atoms with van der Waals surface area (Å²) in [6.45, 7) is 19.2. The summed E-state index contributed by atoms with van der Waals surface area (Å²) in [5.74, 6) is 2.26. The highest BCUT2D eigenvalue weighted by atomic mass is 127. The van der Waals surface area contributed by atoms with Crippen LogP contribution in [0.15, 0.2) is 15.5 Å². The smallest absolute Gasteiger partial charge is 0.191 e. The molecule has 0 fully saturated rings. The molecule has 0 saturated carbocycles. The fourth-order valence-corrected chi connectivity index (χ4v) is 3.24. The highest BCUT2D eigenvalue weighted by Gasteiger charge is 2.27. The van der Waals surface area contributed by atoms with Crippen molar-refractivity contribution < 1.29 is 9.52 Å². The fourth-order valence-electron chi connectivity index (χ4n) is 3.24. The van der Waals surface area contributed by atoms with Crippen LogP contribution in [-0.2, 0) is 5.60 Å². The van der Waals surface area contributed by atoms with Gasteiger partial charge in [-0.15, -0.1) is 24.0 Å². The van der Waals surface area contributed by atoms with E-state index in [-0.39, 0.29) is 30.5 Å². The molecule has 0 amide bonds. The first-order valence-corrected chi connectivity index (χ1v) is 9.66. The molecule has 0 bridgehead atoms. The molecule has 27 heavy (non-hydrogen) atoms. The Morgan fingerprint density at radius 3 is 2.26 bits per heavy atom. The molecule has 0 aliphatic carbocycles. The highest BCUT2D eigenvalue weighted by molar-refractivity contribution is 14.0. The maximum atomic E-state index is 10.8. The van der Waals surface area contributed by atoms with E-state index in [9.17, 15) is 5.11 Å². The molecule has 1 rings (SSSR count). The van der Waals surface area contributed by atoms with Crippen molar-refractivity contribution in [3.63, 3.8) is 0 Å². The number of aliphatic hydroxyl groups is 1. The molecular formula is C20H39IN4O2. The van der Waals surface area contributed by atoms with E-state index in [2.05, 4.69) is 48.2 Å². The third kappa shape index (κ3) is 8.39. The zero-order valence-electron chi connectivity index (χ0n) is 18.2. The number of aliphatic imine (C=N–C) groups is 1. The first-order chi connectivity index (χ1) is 12.1. The molecule has 1 aromatic heterocycles. The fraction of sp³-hybridized carbons (Fsp3) is 0.750. The van der Waals surface area contributed by atoms with Crippen molar-refractivity contribution in [1.82, 2.24) is 15.5 Å². The summed E-state index contributed by atoms with van der Waals surface area (Å²) in [5, 5.41) is 17.4. The maximum Gasteiger partial charge on any atom is 0.191 e. The topological polar surface area (TPSA) is 73.0 Å². The Labute approximate surface area is 182 Å². The second-order valence-corrected chi connectivity index (χ2v) is 7.65. The van der Waals surface area contributed by atoms with Gasteiger partial charge in [-0.3, -0.25) is 4.90 Å². The minimum absolute atomic E-state index is 0. The number of halogens is 1. The van der Waals surface area contributed by atoms with Gasteiger partial charge in [0.1, 0.15) is 17.1 Å². The molecule has 1 atom stereocenters. The third-order valence-corrected chi connectivity index (χ3v) is 4.50. The van der Waals surface area contributed by atoms with Crippen molar-refractivity contribution in [2.24, 2.45) is 4.99 Å². The summed E-state index contributed by atoms with van der Waals surface area (Å²) < 4.78 is 5.55. The normalized spacial score (nSPS) is 14.4. The number of furan rings is 1. The molecule has 6 nitrogen and oxygen atoms in total. The van der Waals surface area contributed by atoms with E-state index in [1.165, 1.54) is 0 Å². The van der Waals surface area contributed by atoms with E-state index in [1.807, 2.05) is 26.8 Å². The molecule has 1 aromatic rings. The van der Waals surface area contributed by atoms with Gasteiger partial charge in [0.2, 0.25) is 0 Å². The highest BCUT2D eigenvalue weighted by Crippen LogP contribution is 2.27. The van der Waals surface area contributed by atoms with E-state index in [4.69, 9.17) is 4.42 Å². The Balaban J connectivity index is 0.00000676. The minimum atomic E-state index is -1.06. The lowest BCUT2D eigenvalue weighted by Gasteiger charge is -2.30. The van der Waals surface area contributed by atoms with Gasteiger partial charge in [0.15, 0.2) is 5.96 Å². The second kappa shape index (κ2) is 11.9. The lowest BCUT2D eigenvalue weighted by atomic mass is 9.96. The minimum Gasteiger partial charge on any atom is -0.466 e. The SMILES string of the molecule is CCNC(=NCC(C)(O)c1cc(C)oc1C)NCCN(C(C)C)C(C)C.I. The first-order valence-electron chi connectivity index (χ1n) is 9.66. The van der Waals surface area contributed by atoms with Crippen LogP contribution in [-0.4, -0.2) is 54.2 Å². The molecule has 0 spiro atoms. The van der Waals surface area contributed by atoms with E-state index in [0.29, 0.717) is 12.1 Å². The number of nitrogens with one attached hydrogen (secondary N) is 2. The number of hydrogen-bond donors (Lipinski definition) is 3. The number of nitrogens with zero attached hydrogens (tertiary/aromatic N) is 2. The van der Waals surface area contributed by atoms with Crippen LogP contribution in [0.3, 0.4) is 0 Å². The van der Waals surface area contributed by atoms with Crippen LogP contribution in [0.4, 0.5) is 0 Å². The zero-order valence-corrected chi connectivity index (χ0v) is 20.5. The standard InChI is InChI=1S/C20H38N4O2.HI/c1-9-21-19(22-10-11-24(14(2)3)15(4)5)23-13-20(8,25)18-12-16(6)26-17(18)7;/h12,14-15,25H,9-11,13H2,1-8H3,(H2,21,22,23);1H. The lowest BCUT2D eigenvalue weighted by molar-refractivity contribution is 0.0657. The molecule has 3 N–H and O–H groups in total. The van der Waals surface area contributed by atoms with Gasteiger partial charge >= 0.3 is 0 Å². The van der Waals surface area contributed by atoms with Crippen LogP contribution in [0.1, 0.15) is 58.6 Å². The quantitative estimate of drug-likeness (QED) is 0.279. The van der Waals surface area contributed by atoms with Gasteiger partial charge in [-0.1, -0.05) is 0 Å². The van der Waals surface area contributed by atoms with Crippen LogP contribution in [0, 0.1) is 13.8 Å². The van der Waals surface area contributed by atoms with Crippen LogP contribution in [0.25, 0.3) is 0 Å². The molecule has 158 valence electrons. The van der Waals surface area contributed by atoms with Crippen molar-refractivity contribution in [3.8, 4) is 0 Å². The Morgan fingerprint density at radius 2 is 1.81 bits per heavy atom. The number of aryl methyl sites for hydroxylation is 2. The predicted molar refractivity (Wildman–Crippen MR) is 124 cm³/mol. The van der Waals surface area contributed by atoms with Crippen molar-refractivity contribution >= 4 is 29.9 Å². The summed E-state index contributed by atoms with van der Waals surface area (Å²) in [7, 11) is 0. The second-order valence-electron chi connectivity index (χ2n) is 7.65. The Hall–Kier alpha value is -0.800. The molecule has 7 heteroatoms. The molecule has 0 aliphatic heterocycles. The van der Waals surface area contributed by atoms with Crippen molar-refractivity contribution in [1.29, 1.82) is 0 Å². The van der Waals surface area contributed by atoms with Gasteiger partial charge in [0.05, 0.1) is 6.54 Å². The summed E-state index contributed by atoms with van der Waals surface area (Å²) in [6.07, 6.45) is 0. The van der Waals surface area contributed by atoms with Gasteiger partial charge in [-0.2, -0.15) is 0 Å². The molecule has 1 heterocycles. The van der Waals surface area contributed by atoms with Crippen molar-refractivity contribution in [2.45, 2.75) is 73.1 Å². The maximum absolute atomic E-state index is 10.8. The van der Waals surface area contributed by atoms with Gasteiger partial charge in [-0.05, 0) is 61.5 Å². The predicted octanol–water partition coefficient (Wildman–Crippen LogP) is 3.40. The molecular weight excluding hydrogens is 455 g/mol. The monoisotopic (exact) mass is 494 g/mol. The summed E-state index contributed by atoms with van der Waals surface area (Å²) in [5.41, 5.74) is -0.271. The Morgan fingerprint density at radius 1 is 1.22 bits per heavy atom. The largest absolute Gasteiger partial charge is 0.466 e. The number of guanidine groups is 1. The summed E-state index contributed by atoms with van der Waals surface area (Å²) in [4.78, 5) is 7.02. The Kier molecular flexibility index (Phi) is 11.6. The van der Waals surface area contributed by atoms with Crippen molar-refractivity contribution in [2.75, 3.05) is 26.2 Å². The Bertz CT molecular complexity index is 575. The van der Waals surface area contributed by atoms with E-state index < -0.39 is 5.60 Å². The van der Waals surface area contributed by atoms with Crippen LogP contribution in [0.2, 0.25) is 0 Å². The van der Waals surface area contributed by atoms with E-state index in [1.54, 1.807) is 6.92 Å². The van der Waals surface area contributed by atoms with Gasteiger partial charge in [0.25, 0.3) is 0 Å². The van der Waals surface area contributed by atoms with Gasteiger partial charge in [0, 0.05) is 37.3 Å². The van der Waals surface area contributed by atoms with E-state index >= 15 is 0 Å². The first kappa shape index (κ1) is 26.2. The molecule has 0 saturated heterocycles. The average molecular weight is 494 g/mol. The van der Waals surface area contributed by atoms with Crippen LogP contribution >= 0.6 is 24.0 Å². The molecule has 1 unspecified atom stereocenters. The third-order valence-electron chi connectivity index (χ3n) is 4.50. The number of hydrogen-bond acceptors (Lipinski definition) is 4. The molecule has 0 radical (unpaired) electrons. The van der Waals surface area contributed by atoms with Gasteiger partial charge in [-0.25, -0.2) is 4.99 Å². The molecule has 0 aliphatic rings. The lowest BCUT2D eigenvalue weighted by Crippen LogP contribution is -2.45. The van der Waals surface area contributed by atoms with E-state index in [0.717, 1.165) is 42.7 Å². The van der Waals surface area contributed by atoms with Crippen molar-refractivity contribution in [3.05, 3.63) is 23.2 Å². The van der Waals surface area contributed by atoms with Gasteiger partial charge < -0.3 is 20.2 Å². The van der Waals surface area contributed by atoms with Crippen LogP contribution in [0.5, 0.6) is 0 Å². The summed E-state index contributed by atoms with van der Waals surface area (Å²) in [6, 6.07) is 2.89. The number of rotatable bonds is 9. The average Bonchev–Trinajstić information content (AvgIpc) is 2.87.